The highest BCUT2D eigenvalue weighted by Crippen LogP contribution is 2.30. The van der Waals surface area contributed by atoms with Crippen LogP contribution in [0, 0.1) is 5.92 Å². The van der Waals surface area contributed by atoms with Crippen molar-refractivity contribution < 1.29 is 13.2 Å². The Morgan fingerprint density at radius 2 is 2.29 bits per heavy atom. The molecule has 3 heterocycles. The van der Waals surface area contributed by atoms with Crippen LogP contribution < -0.4 is 5.73 Å². The van der Waals surface area contributed by atoms with Gasteiger partial charge in [0.15, 0.2) is 15.1 Å². The summed E-state index contributed by atoms with van der Waals surface area (Å²) in [4.78, 5) is 15.9. The van der Waals surface area contributed by atoms with Crippen LogP contribution in [0.1, 0.15) is 12.8 Å². The van der Waals surface area contributed by atoms with Crippen molar-refractivity contribution in [2.45, 2.75) is 17.9 Å². The first-order chi connectivity index (χ1) is 9.91. The lowest BCUT2D eigenvalue weighted by Gasteiger charge is -2.29. The van der Waals surface area contributed by atoms with Crippen LogP contribution in [0.4, 0.5) is 0 Å². The van der Waals surface area contributed by atoms with Crippen LogP contribution in [0.5, 0.6) is 0 Å². The average Bonchev–Trinajstić information content (AvgIpc) is 2.98. The molecule has 0 bridgehead atoms. The fraction of sp³-hybridized carbons (Fsp3) is 0.455. The second kappa shape index (κ2) is 5.24. The van der Waals surface area contributed by atoms with Gasteiger partial charge in [-0.3, -0.25) is 9.20 Å². The zero-order valence-electron chi connectivity index (χ0n) is 10.9. The number of imidazole rings is 1. The van der Waals surface area contributed by atoms with E-state index in [2.05, 4.69) is 4.98 Å². The van der Waals surface area contributed by atoms with Crippen LogP contribution in [0.2, 0.25) is 5.15 Å². The van der Waals surface area contributed by atoms with E-state index in [1.807, 2.05) is 0 Å². The molecule has 0 spiro atoms. The van der Waals surface area contributed by atoms with E-state index in [0.717, 1.165) is 0 Å². The molecule has 1 aliphatic rings. The van der Waals surface area contributed by atoms with E-state index in [1.54, 1.807) is 11.6 Å². The lowest BCUT2D eigenvalue weighted by molar-refractivity contribution is -0.122. The van der Waals surface area contributed by atoms with Crippen molar-refractivity contribution in [1.29, 1.82) is 0 Å². The third-order valence-electron chi connectivity index (χ3n) is 3.55. The molecule has 0 saturated carbocycles. The van der Waals surface area contributed by atoms with Crippen molar-refractivity contribution in [3.8, 4) is 0 Å². The van der Waals surface area contributed by atoms with Gasteiger partial charge in [0.2, 0.25) is 5.91 Å². The Balaban J connectivity index is 2.02. The highest BCUT2D eigenvalue weighted by atomic mass is 35.5. The standard InChI is InChI=1S/C11H13ClN4O3S2/c12-8-10(16-4-5-20-11(16)14-8)21(18,19)15-3-1-2-7(6-15)9(13)17/h4-5,7H,1-3,6H2,(H2,13,17)/t7-/m1/s1. The Morgan fingerprint density at radius 1 is 1.52 bits per heavy atom. The topological polar surface area (TPSA) is 97.8 Å². The molecule has 2 aromatic rings. The van der Waals surface area contributed by atoms with E-state index in [1.165, 1.54) is 20.0 Å². The molecule has 1 atom stereocenters. The van der Waals surface area contributed by atoms with E-state index in [4.69, 9.17) is 17.3 Å². The summed E-state index contributed by atoms with van der Waals surface area (Å²) in [5.41, 5.74) is 5.29. The van der Waals surface area contributed by atoms with Gasteiger partial charge < -0.3 is 5.73 Å². The largest absolute Gasteiger partial charge is 0.369 e. The van der Waals surface area contributed by atoms with Gasteiger partial charge in [-0.05, 0) is 12.8 Å². The van der Waals surface area contributed by atoms with Crippen molar-refractivity contribution in [3.05, 3.63) is 16.7 Å². The van der Waals surface area contributed by atoms with Crippen LogP contribution >= 0.6 is 22.9 Å². The second-order valence-corrected chi connectivity index (χ2v) is 7.95. The van der Waals surface area contributed by atoms with Crippen molar-refractivity contribution in [3.63, 3.8) is 0 Å². The van der Waals surface area contributed by atoms with Gasteiger partial charge in [0.25, 0.3) is 10.0 Å². The molecule has 10 heteroatoms. The van der Waals surface area contributed by atoms with Gasteiger partial charge in [-0.2, -0.15) is 4.31 Å². The normalized spacial score (nSPS) is 20.9. The third kappa shape index (κ3) is 2.44. The van der Waals surface area contributed by atoms with Crippen molar-refractivity contribution in [1.82, 2.24) is 13.7 Å². The number of sulfonamides is 1. The minimum absolute atomic E-state index is 0.0504. The zero-order chi connectivity index (χ0) is 15.2. The number of piperidine rings is 1. The number of hydrogen-bond acceptors (Lipinski definition) is 5. The number of fused-ring (bicyclic) bond motifs is 1. The number of halogens is 1. The molecule has 0 aromatic carbocycles. The number of nitrogens with two attached hydrogens (primary N) is 1. The number of carbonyl (C=O) groups is 1. The van der Waals surface area contributed by atoms with Crippen molar-refractivity contribution in [2.75, 3.05) is 13.1 Å². The average molecular weight is 349 g/mol. The van der Waals surface area contributed by atoms with E-state index in [9.17, 15) is 13.2 Å². The molecule has 1 amide bonds. The van der Waals surface area contributed by atoms with Crippen molar-refractivity contribution >= 4 is 43.8 Å². The number of amides is 1. The zero-order valence-corrected chi connectivity index (χ0v) is 13.3. The summed E-state index contributed by atoms with van der Waals surface area (Å²) in [5.74, 6) is -0.937. The lowest BCUT2D eigenvalue weighted by Crippen LogP contribution is -2.44. The molecule has 114 valence electrons. The first-order valence-electron chi connectivity index (χ1n) is 6.32. The first-order valence-corrected chi connectivity index (χ1v) is 9.01. The number of nitrogens with zero attached hydrogens (tertiary/aromatic N) is 3. The predicted molar refractivity (Wildman–Crippen MR) is 78.8 cm³/mol. The fourth-order valence-electron chi connectivity index (χ4n) is 2.48. The van der Waals surface area contributed by atoms with E-state index >= 15 is 0 Å². The van der Waals surface area contributed by atoms with Gasteiger partial charge >= 0.3 is 0 Å². The monoisotopic (exact) mass is 348 g/mol. The quantitative estimate of drug-likeness (QED) is 0.892. The molecule has 0 radical (unpaired) electrons. The first kappa shape index (κ1) is 14.8. The number of primary amides is 1. The van der Waals surface area contributed by atoms with Crippen LogP contribution in [-0.2, 0) is 14.8 Å². The molecule has 1 fully saturated rings. The number of rotatable bonds is 3. The highest BCUT2D eigenvalue weighted by molar-refractivity contribution is 7.89. The van der Waals surface area contributed by atoms with Crippen LogP contribution in [-0.4, -0.2) is 41.1 Å². The highest BCUT2D eigenvalue weighted by Gasteiger charge is 2.36. The van der Waals surface area contributed by atoms with E-state index < -0.39 is 21.8 Å². The molecular weight excluding hydrogens is 336 g/mol. The van der Waals surface area contributed by atoms with Crippen LogP contribution in [0.15, 0.2) is 16.6 Å². The number of aromatic nitrogens is 2. The summed E-state index contributed by atoms with van der Waals surface area (Å²) in [6, 6.07) is 0. The molecular formula is C11H13ClN4O3S2. The van der Waals surface area contributed by atoms with Gasteiger partial charge in [-0.25, -0.2) is 13.4 Å². The van der Waals surface area contributed by atoms with Gasteiger partial charge in [-0.1, -0.05) is 11.6 Å². The minimum atomic E-state index is -3.81. The number of thiazole rings is 1. The Hall–Kier alpha value is -1.16. The maximum absolute atomic E-state index is 12.8. The molecule has 1 aliphatic heterocycles. The van der Waals surface area contributed by atoms with Crippen molar-refractivity contribution in [2.24, 2.45) is 11.7 Å². The Bertz CT molecular complexity index is 798. The minimum Gasteiger partial charge on any atom is -0.369 e. The maximum atomic E-state index is 12.8. The molecule has 2 N–H and O–H groups in total. The third-order valence-corrected chi connectivity index (χ3v) is 6.57. The lowest BCUT2D eigenvalue weighted by atomic mass is 9.99. The molecule has 3 rings (SSSR count). The van der Waals surface area contributed by atoms with Crippen LogP contribution in [0.3, 0.4) is 0 Å². The van der Waals surface area contributed by atoms with E-state index in [0.29, 0.717) is 24.3 Å². The number of hydrogen-bond donors (Lipinski definition) is 1. The fourth-order valence-corrected chi connectivity index (χ4v) is 5.41. The number of carbonyl (C=O) groups excluding carboxylic acids is 1. The summed E-state index contributed by atoms with van der Waals surface area (Å²) in [6.45, 7) is 0.436. The van der Waals surface area contributed by atoms with Gasteiger partial charge in [0, 0.05) is 24.7 Å². The molecule has 2 aromatic heterocycles. The Labute approximate surface area is 130 Å². The summed E-state index contributed by atoms with van der Waals surface area (Å²) < 4.78 is 28.3. The summed E-state index contributed by atoms with van der Waals surface area (Å²) in [7, 11) is -3.81. The predicted octanol–water partition coefficient (Wildman–Crippen LogP) is 0.935. The molecule has 21 heavy (non-hydrogen) atoms. The summed E-state index contributed by atoms with van der Waals surface area (Å²) in [6.07, 6.45) is 2.81. The smallest absolute Gasteiger partial charge is 0.262 e. The summed E-state index contributed by atoms with van der Waals surface area (Å²) in [5, 5.41) is 1.63. The Kier molecular flexibility index (Phi) is 3.68. The molecule has 0 unspecified atom stereocenters. The van der Waals surface area contributed by atoms with E-state index in [-0.39, 0.29) is 16.7 Å². The molecule has 0 aliphatic carbocycles. The van der Waals surface area contributed by atoms with Gasteiger partial charge in [0.1, 0.15) is 0 Å². The van der Waals surface area contributed by atoms with Gasteiger partial charge in [0.05, 0.1) is 5.92 Å². The molecule has 7 nitrogen and oxygen atoms in total. The Morgan fingerprint density at radius 3 is 3.00 bits per heavy atom. The van der Waals surface area contributed by atoms with Gasteiger partial charge in [-0.15, -0.1) is 11.3 Å². The van der Waals surface area contributed by atoms with Crippen LogP contribution in [0.25, 0.3) is 4.96 Å². The second-order valence-electron chi connectivity index (χ2n) is 4.87. The molecule has 1 saturated heterocycles. The maximum Gasteiger partial charge on any atom is 0.262 e. The SMILES string of the molecule is NC(=O)[C@@H]1CCCN(S(=O)(=O)c2c(Cl)nc3sccn23)C1. The summed E-state index contributed by atoms with van der Waals surface area (Å²) >= 11 is 7.29.